The van der Waals surface area contributed by atoms with Gasteiger partial charge in [-0.05, 0) is 38.3 Å². The number of likely N-dealkylation sites (N-methyl/N-ethyl adjacent to an activating group) is 1. The van der Waals surface area contributed by atoms with Crippen LogP contribution in [0.1, 0.15) is 56.2 Å². The molecule has 150 valence electrons. The molecule has 0 unspecified atom stereocenters. The summed E-state index contributed by atoms with van der Waals surface area (Å²) in [4.78, 5) is 17.3. The Morgan fingerprint density at radius 1 is 1.18 bits per heavy atom. The SMILES string of the molecule is Cc1cn(C2CCCCC2)nc1NC(=O)N1Cc2ccccc2N(C)C[C@@H]1C. The van der Waals surface area contributed by atoms with E-state index in [9.17, 15) is 4.79 Å². The fourth-order valence-electron chi connectivity index (χ4n) is 4.53. The van der Waals surface area contributed by atoms with Crippen LogP contribution in [0.5, 0.6) is 0 Å². The lowest BCUT2D eigenvalue weighted by Gasteiger charge is -2.28. The molecule has 28 heavy (non-hydrogen) atoms. The van der Waals surface area contributed by atoms with Crippen molar-refractivity contribution in [3.8, 4) is 0 Å². The van der Waals surface area contributed by atoms with Gasteiger partial charge >= 0.3 is 6.03 Å². The lowest BCUT2D eigenvalue weighted by Crippen LogP contribution is -2.44. The zero-order valence-electron chi connectivity index (χ0n) is 17.2. The topological polar surface area (TPSA) is 53.4 Å². The van der Waals surface area contributed by atoms with Crippen molar-refractivity contribution in [2.24, 2.45) is 0 Å². The van der Waals surface area contributed by atoms with E-state index in [1.807, 2.05) is 17.9 Å². The second-order valence-electron chi connectivity index (χ2n) is 8.35. The largest absolute Gasteiger partial charge is 0.372 e. The van der Waals surface area contributed by atoms with Gasteiger partial charge in [-0.2, -0.15) is 5.10 Å². The van der Waals surface area contributed by atoms with E-state index >= 15 is 0 Å². The molecule has 4 rings (SSSR count). The maximum absolute atomic E-state index is 13.1. The van der Waals surface area contributed by atoms with Crippen molar-refractivity contribution in [2.45, 2.75) is 64.6 Å². The molecule has 1 aliphatic heterocycles. The van der Waals surface area contributed by atoms with Crippen LogP contribution < -0.4 is 10.2 Å². The quantitative estimate of drug-likeness (QED) is 0.829. The lowest BCUT2D eigenvalue weighted by molar-refractivity contribution is 0.192. The van der Waals surface area contributed by atoms with E-state index in [-0.39, 0.29) is 12.1 Å². The normalized spacial score (nSPS) is 20.6. The van der Waals surface area contributed by atoms with Gasteiger partial charge in [-0.1, -0.05) is 37.5 Å². The summed E-state index contributed by atoms with van der Waals surface area (Å²) in [5, 5.41) is 7.80. The molecule has 0 bridgehead atoms. The Labute approximate surface area is 167 Å². The molecule has 2 aromatic rings. The molecule has 6 nitrogen and oxygen atoms in total. The van der Waals surface area contributed by atoms with Gasteiger partial charge in [0.1, 0.15) is 0 Å². The molecule has 2 aliphatic rings. The van der Waals surface area contributed by atoms with E-state index in [1.165, 1.54) is 43.4 Å². The Morgan fingerprint density at radius 2 is 1.93 bits per heavy atom. The predicted molar refractivity (Wildman–Crippen MR) is 113 cm³/mol. The van der Waals surface area contributed by atoms with E-state index in [0.717, 1.165) is 12.1 Å². The summed E-state index contributed by atoms with van der Waals surface area (Å²) in [5.41, 5.74) is 3.40. The maximum Gasteiger partial charge on any atom is 0.323 e. The van der Waals surface area contributed by atoms with Crippen LogP contribution >= 0.6 is 0 Å². The van der Waals surface area contributed by atoms with Crippen molar-refractivity contribution in [2.75, 3.05) is 23.8 Å². The van der Waals surface area contributed by atoms with Crippen LogP contribution in [0.4, 0.5) is 16.3 Å². The number of aryl methyl sites for hydroxylation is 1. The highest BCUT2D eigenvalue weighted by Gasteiger charge is 2.28. The Kier molecular flexibility index (Phi) is 5.29. The van der Waals surface area contributed by atoms with Crippen LogP contribution in [-0.4, -0.2) is 40.3 Å². The number of carbonyl (C=O) groups is 1. The Balaban J connectivity index is 1.51. The van der Waals surface area contributed by atoms with Gasteiger partial charge in [0.25, 0.3) is 0 Å². The third kappa shape index (κ3) is 3.73. The van der Waals surface area contributed by atoms with E-state index in [2.05, 4.69) is 53.3 Å². The highest BCUT2D eigenvalue weighted by Crippen LogP contribution is 2.30. The molecule has 1 aliphatic carbocycles. The number of para-hydroxylation sites is 1. The Hall–Kier alpha value is -2.50. The van der Waals surface area contributed by atoms with E-state index in [0.29, 0.717) is 18.4 Å². The number of rotatable bonds is 2. The number of aromatic nitrogens is 2. The number of benzene rings is 1. The minimum Gasteiger partial charge on any atom is -0.372 e. The van der Waals surface area contributed by atoms with Crippen molar-refractivity contribution in [1.29, 1.82) is 0 Å². The number of anilines is 2. The van der Waals surface area contributed by atoms with Crippen LogP contribution in [0.3, 0.4) is 0 Å². The molecule has 1 saturated carbocycles. The van der Waals surface area contributed by atoms with Crippen LogP contribution in [-0.2, 0) is 6.54 Å². The van der Waals surface area contributed by atoms with Gasteiger partial charge in [-0.3, -0.25) is 10.00 Å². The fourth-order valence-corrected chi connectivity index (χ4v) is 4.53. The Morgan fingerprint density at radius 3 is 2.71 bits per heavy atom. The molecule has 1 aromatic heterocycles. The molecule has 2 amide bonds. The molecular formula is C22H31N5O. The number of fused-ring (bicyclic) bond motifs is 1. The number of nitrogens with one attached hydrogen (secondary N) is 1. The molecule has 0 saturated heterocycles. The molecule has 1 N–H and O–H groups in total. The molecule has 1 fully saturated rings. The van der Waals surface area contributed by atoms with Crippen molar-refractivity contribution in [3.05, 3.63) is 41.6 Å². The summed E-state index contributed by atoms with van der Waals surface area (Å²) < 4.78 is 2.07. The minimum atomic E-state index is -0.0744. The van der Waals surface area contributed by atoms with Crippen LogP contribution in [0, 0.1) is 6.92 Å². The number of amides is 2. The standard InChI is InChI=1S/C22H31N5O/c1-16-13-27(19-10-5-4-6-11-19)24-21(16)23-22(28)26-15-18-9-7-8-12-20(18)25(3)14-17(26)2/h7-9,12-13,17,19H,4-6,10-11,14-15H2,1-3H3,(H,23,24,28)/t17-/m0/s1. The number of nitrogens with zero attached hydrogens (tertiary/aromatic N) is 4. The number of urea groups is 1. The van der Waals surface area contributed by atoms with E-state index < -0.39 is 0 Å². The molecule has 1 aromatic carbocycles. The van der Waals surface area contributed by atoms with Gasteiger partial charge < -0.3 is 9.80 Å². The first kappa shape index (κ1) is 18.8. The zero-order chi connectivity index (χ0) is 19.7. The maximum atomic E-state index is 13.1. The van der Waals surface area contributed by atoms with E-state index in [1.54, 1.807) is 0 Å². The smallest absolute Gasteiger partial charge is 0.323 e. The van der Waals surface area contributed by atoms with Crippen molar-refractivity contribution < 1.29 is 4.79 Å². The predicted octanol–water partition coefficient (Wildman–Crippen LogP) is 4.57. The Bertz CT molecular complexity index is 839. The van der Waals surface area contributed by atoms with E-state index in [4.69, 9.17) is 5.10 Å². The lowest BCUT2D eigenvalue weighted by atomic mass is 9.96. The summed E-state index contributed by atoms with van der Waals surface area (Å²) in [6.45, 7) is 5.54. The van der Waals surface area contributed by atoms with Crippen molar-refractivity contribution in [3.63, 3.8) is 0 Å². The molecule has 0 radical (unpaired) electrons. The monoisotopic (exact) mass is 381 g/mol. The van der Waals surface area contributed by atoms with Crippen LogP contribution in [0.25, 0.3) is 0 Å². The first-order chi connectivity index (χ1) is 13.5. The molecular weight excluding hydrogens is 350 g/mol. The summed E-state index contributed by atoms with van der Waals surface area (Å²) in [5.74, 6) is 0.689. The van der Waals surface area contributed by atoms with Crippen LogP contribution in [0.2, 0.25) is 0 Å². The summed E-state index contributed by atoms with van der Waals surface area (Å²) in [6, 6.07) is 8.82. The summed E-state index contributed by atoms with van der Waals surface area (Å²) in [7, 11) is 2.09. The number of carbonyl (C=O) groups excluding carboxylic acids is 1. The molecule has 2 heterocycles. The first-order valence-electron chi connectivity index (χ1n) is 10.5. The fraction of sp³-hybridized carbons (Fsp3) is 0.545. The van der Waals surface area contributed by atoms with Crippen LogP contribution in [0.15, 0.2) is 30.5 Å². The molecule has 1 atom stereocenters. The van der Waals surface area contributed by atoms with Gasteiger partial charge in [0.15, 0.2) is 5.82 Å². The highest BCUT2D eigenvalue weighted by molar-refractivity contribution is 5.89. The third-order valence-corrected chi connectivity index (χ3v) is 6.16. The minimum absolute atomic E-state index is 0.0744. The third-order valence-electron chi connectivity index (χ3n) is 6.16. The van der Waals surface area contributed by atoms with Crippen molar-refractivity contribution in [1.82, 2.24) is 14.7 Å². The summed E-state index contributed by atoms with van der Waals surface area (Å²) in [6.07, 6.45) is 8.30. The van der Waals surface area contributed by atoms with Gasteiger partial charge in [0.05, 0.1) is 6.04 Å². The van der Waals surface area contributed by atoms with Gasteiger partial charge in [-0.15, -0.1) is 0 Å². The van der Waals surface area contributed by atoms with Gasteiger partial charge in [0, 0.05) is 43.6 Å². The number of hydrogen-bond donors (Lipinski definition) is 1. The zero-order valence-corrected chi connectivity index (χ0v) is 17.2. The molecule has 6 heteroatoms. The second-order valence-corrected chi connectivity index (χ2v) is 8.35. The summed E-state index contributed by atoms with van der Waals surface area (Å²) >= 11 is 0. The average molecular weight is 382 g/mol. The van der Waals surface area contributed by atoms with Gasteiger partial charge in [0.2, 0.25) is 0 Å². The first-order valence-corrected chi connectivity index (χ1v) is 10.5. The average Bonchev–Trinajstić information content (AvgIpc) is 3.00. The van der Waals surface area contributed by atoms with Gasteiger partial charge in [-0.25, -0.2) is 4.79 Å². The highest BCUT2D eigenvalue weighted by atomic mass is 16.2. The second kappa shape index (κ2) is 7.86. The number of hydrogen-bond acceptors (Lipinski definition) is 3. The molecule has 0 spiro atoms. The van der Waals surface area contributed by atoms with Crippen molar-refractivity contribution >= 4 is 17.5 Å².